The van der Waals surface area contributed by atoms with Crippen molar-refractivity contribution in [3.8, 4) is 5.69 Å². The molecule has 18 heavy (non-hydrogen) atoms. The van der Waals surface area contributed by atoms with Crippen LogP contribution in [0.3, 0.4) is 0 Å². The Hall–Kier alpha value is -1.81. The minimum absolute atomic E-state index is 0.105. The highest BCUT2D eigenvalue weighted by molar-refractivity contribution is 6.30. The third-order valence-electron chi connectivity index (χ3n) is 2.60. The molecular formula is C13H14ClN3O. The summed E-state index contributed by atoms with van der Waals surface area (Å²) in [5, 5.41) is 3.67. The topological polar surface area (TPSA) is 50.1 Å². The van der Waals surface area contributed by atoms with Crippen LogP contribution in [0.4, 0.5) is 0 Å². The number of halogens is 1. The molecule has 1 heterocycles. The summed E-state index contributed by atoms with van der Waals surface area (Å²) in [5.74, 6) is 0. The molecule has 0 radical (unpaired) electrons. The summed E-state index contributed by atoms with van der Waals surface area (Å²) in [5.41, 5.74) is 2.04. The fourth-order valence-corrected chi connectivity index (χ4v) is 1.79. The van der Waals surface area contributed by atoms with Crippen LogP contribution in [0.25, 0.3) is 5.69 Å². The monoisotopic (exact) mass is 263 g/mol. The number of H-pyrrole nitrogens is 1. The zero-order valence-electron chi connectivity index (χ0n) is 10.3. The van der Waals surface area contributed by atoms with Gasteiger partial charge in [-0.3, -0.25) is 14.9 Å². The van der Waals surface area contributed by atoms with Crippen molar-refractivity contribution >= 4 is 17.8 Å². The molecule has 0 aliphatic carbocycles. The molecule has 0 saturated carbocycles. The SMILES string of the molecule is CCN=Cc1c(C)[nH]n(-c2ccc(Cl)cc2)c1=O. The molecule has 2 rings (SSSR count). The standard InChI is InChI=1S/C13H14ClN3O/c1-3-15-8-12-9(2)16-17(13(12)18)11-6-4-10(14)5-7-11/h4-8,16H,3H2,1-2H3. The molecular weight excluding hydrogens is 250 g/mol. The maximum Gasteiger partial charge on any atom is 0.280 e. The van der Waals surface area contributed by atoms with E-state index < -0.39 is 0 Å². The van der Waals surface area contributed by atoms with Gasteiger partial charge in [-0.1, -0.05) is 11.6 Å². The number of benzene rings is 1. The lowest BCUT2D eigenvalue weighted by Crippen LogP contribution is -2.17. The number of aromatic nitrogens is 2. The fourth-order valence-electron chi connectivity index (χ4n) is 1.67. The van der Waals surface area contributed by atoms with E-state index in [2.05, 4.69) is 10.1 Å². The van der Waals surface area contributed by atoms with E-state index >= 15 is 0 Å². The van der Waals surface area contributed by atoms with Crippen LogP contribution in [0.1, 0.15) is 18.2 Å². The molecule has 2 aromatic rings. The summed E-state index contributed by atoms with van der Waals surface area (Å²) in [6.45, 7) is 4.44. The second-order valence-corrected chi connectivity index (χ2v) is 4.33. The third-order valence-corrected chi connectivity index (χ3v) is 2.86. The first-order valence-electron chi connectivity index (χ1n) is 5.71. The normalized spacial score (nSPS) is 11.3. The highest BCUT2D eigenvalue weighted by Crippen LogP contribution is 2.12. The molecule has 94 valence electrons. The number of nitrogens with one attached hydrogen (secondary N) is 1. The molecule has 0 amide bonds. The van der Waals surface area contributed by atoms with E-state index in [1.807, 2.05) is 13.8 Å². The van der Waals surface area contributed by atoms with Crippen LogP contribution in [0, 0.1) is 6.92 Å². The molecule has 1 aromatic heterocycles. The predicted octanol–water partition coefficient (Wildman–Crippen LogP) is 2.57. The predicted molar refractivity (Wildman–Crippen MR) is 74.3 cm³/mol. The van der Waals surface area contributed by atoms with Crippen molar-refractivity contribution in [3.05, 3.63) is 50.9 Å². The summed E-state index contributed by atoms with van der Waals surface area (Å²) in [6, 6.07) is 7.08. The van der Waals surface area contributed by atoms with Gasteiger partial charge >= 0.3 is 0 Å². The smallest absolute Gasteiger partial charge is 0.280 e. The van der Waals surface area contributed by atoms with Gasteiger partial charge in [0.05, 0.1) is 11.3 Å². The van der Waals surface area contributed by atoms with Crippen LogP contribution in [0.15, 0.2) is 34.1 Å². The number of aliphatic imine (C=N–C) groups is 1. The van der Waals surface area contributed by atoms with Crippen LogP contribution in [-0.4, -0.2) is 22.5 Å². The van der Waals surface area contributed by atoms with Crippen molar-refractivity contribution in [1.29, 1.82) is 0 Å². The average molecular weight is 264 g/mol. The van der Waals surface area contributed by atoms with Crippen molar-refractivity contribution in [2.45, 2.75) is 13.8 Å². The Morgan fingerprint density at radius 1 is 1.39 bits per heavy atom. The third kappa shape index (κ3) is 2.38. The zero-order chi connectivity index (χ0) is 13.1. The van der Waals surface area contributed by atoms with Crippen LogP contribution >= 0.6 is 11.6 Å². The largest absolute Gasteiger partial charge is 0.295 e. The summed E-state index contributed by atoms with van der Waals surface area (Å²) in [7, 11) is 0. The van der Waals surface area contributed by atoms with Crippen molar-refractivity contribution in [2.24, 2.45) is 4.99 Å². The molecule has 0 spiro atoms. The van der Waals surface area contributed by atoms with Crippen molar-refractivity contribution in [1.82, 2.24) is 9.78 Å². The Kier molecular flexibility index (Phi) is 3.67. The van der Waals surface area contributed by atoms with E-state index in [9.17, 15) is 4.79 Å². The lowest BCUT2D eigenvalue weighted by Gasteiger charge is -2.00. The molecule has 1 aromatic carbocycles. The fraction of sp³-hybridized carbons (Fsp3) is 0.231. The summed E-state index contributed by atoms with van der Waals surface area (Å²) < 4.78 is 1.49. The van der Waals surface area contributed by atoms with Gasteiger partial charge < -0.3 is 0 Å². The lowest BCUT2D eigenvalue weighted by atomic mass is 10.3. The average Bonchev–Trinajstić information content (AvgIpc) is 2.64. The quantitative estimate of drug-likeness (QED) is 0.850. The second-order valence-electron chi connectivity index (χ2n) is 3.90. The van der Waals surface area contributed by atoms with Crippen LogP contribution in [0.5, 0.6) is 0 Å². The van der Waals surface area contributed by atoms with Crippen molar-refractivity contribution < 1.29 is 0 Å². The van der Waals surface area contributed by atoms with Gasteiger partial charge in [-0.2, -0.15) is 0 Å². The van der Waals surface area contributed by atoms with Gasteiger partial charge in [-0.05, 0) is 38.1 Å². The van der Waals surface area contributed by atoms with E-state index in [0.717, 1.165) is 11.4 Å². The van der Waals surface area contributed by atoms with Crippen LogP contribution in [-0.2, 0) is 0 Å². The van der Waals surface area contributed by atoms with E-state index in [1.165, 1.54) is 4.68 Å². The molecule has 0 fully saturated rings. The molecule has 0 aliphatic rings. The highest BCUT2D eigenvalue weighted by Gasteiger charge is 2.10. The Balaban J connectivity index is 2.50. The maximum atomic E-state index is 12.2. The summed E-state index contributed by atoms with van der Waals surface area (Å²) in [6.07, 6.45) is 1.61. The number of aryl methyl sites for hydroxylation is 1. The molecule has 1 N–H and O–H groups in total. The molecule has 0 unspecified atom stereocenters. The van der Waals surface area contributed by atoms with Crippen LogP contribution in [0.2, 0.25) is 5.02 Å². The molecule has 0 atom stereocenters. The van der Waals surface area contributed by atoms with Crippen molar-refractivity contribution in [2.75, 3.05) is 6.54 Å². The first-order chi connectivity index (χ1) is 8.63. The van der Waals surface area contributed by atoms with Gasteiger partial charge in [0.15, 0.2) is 0 Å². The molecule has 0 aliphatic heterocycles. The zero-order valence-corrected chi connectivity index (χ0v) is 11.0. The number of nitrogens with zero attached hydrogens (tertiary/aromatic N) is 2. The Morgan fingerprint density at radius 2 is 2.06 bits per heavy atom. The maximum absolute atomic E-state index is 12.2. The Bertz CT molecular complexity index is 623. The van der Waals surface area contributed by atoms with Gasteiger partial charge in [-0.15, -0.1) is 0 Å². The molecule has 0 bridgehead atoms. The summed E-state index contributed by atoms with van der Waals surface area (Å²) in [4.78, 5) is 16.3. The van der Waals surface area contributed by atoms with E-state index in [-0.39, 0.29) is 5.56 Å². The first-order valence-corrected chi connectivity index (χ1v) is 6.08. The van der Waals surface area contributed by atoms with E-state index in [0.29, 0.717) is 17.1 Å². The highest BCUT2D eigenvalue weighted by atomic mass is 35.5. The van der Waals surface area contributed by atoms with Gasteiger partial charge in [0.2, 0.25) is 0 Å². The molecule has 0 saturated heterocycles. The minimum atomic E-state index is -0.105. The molecule has 5 heteroatoms. The van der Waals surface area contributed by atoms with Gasteiger partial charge in [-0.25, -0.2) is 4.68 Å². The second kappa shape index (κ2) is 5.23. The van der Waals surface area contributed by atoms with Gasteiger partial charge in [0.25, 0.3) is 5.56 Å². The van der Waals surface area contributed by atoms with Gasteiger partial charge in [0, 0.05) is 23.5 Å². The van der Waals surface area contributed by atoms with Crippen LogP contribution < -0.4 is 5.56 Å². The van der Waals surface area contributed by atoms with Crippen molar-refractivity contribution in [3.63, 3.8) is 0 Å². The Labute approximate surface area is 110 Å². The summed E-state index contributed by atoms with van der Waals surface area (Å²) >= 11 is 5.83. The number of hydrogen-bond donors (Lipinski definition) is 1. The first kappa shape index (κ1) is 12.6. The minimum Gasteiger partial charge on any atom is -0.295 e. The molecule has 4 nitrogen and oxygen atoms in total. The van der Waals surface area contributed by atoms with E-state index in [1.54, 1.807) is 30.5 Å². The lowest BCUT2D eigenvalue weighted by molar-refractivity contribution is 0.835. The number of hydrogen-bond acceptors (Lipinski definition) is 2. The number of rotatable bonds is 3. The number of aromatic amines is 1. The van der Waals surface area contributed by atoms with E-state index in [4.69, 9.17) is 11.6 Å². The van der Waals surface area contributed by atoms with Gasteiger partial charge in [0.1, 0.15) is 0 Å². The Morgan fingerprint density at radius 3 is 2.67 bits per heavy atom.